The lowest BCUT2D eigenvalue weighted by Crippen LogP contribution is -2.51. The third-order valence-electron chi connectivity index (χ3n) is 4.07. The van der Waals surface area contributed by atoms with Crippen molar-refractivity contribution < 1.29 is 19.5 Å². The largest absolute Gasteiger partial charge is 0.481 e. The summed E-state index contributed by atoms with van der Waals surface area (Å²) in [5.74, 6) is -1.26. The van der Waals surface area contributed by atoms with E-state index >= 15 is 0 Å². The Hall–Kier alpha value is -1.59. The van der Waals surface area contributed by atoms with Gasteiger partial charge >= 0.3 is 5.97 Å². The van der Waals surface area contributed by atoms with Crippen LogP contribution < -0.4 is 10.6 Å². The fourth-order valence-corrected chi connectivity index (χ4v) is 2.74. The fraction of sp³-hybridized carbons (Fsp3) is 0.750. The number of carboxylic acids is 1. The van der Waals surface area contributed by atoms with Crippen LogP contribution in [0.3, 0.4) is 0 Å². The zero-order chi connectivity index (χ0) is 13.3. The topological polar surface area (TPSA) is 95.5 Å². The van der Waals surface area contributed by atoms with Crippen LogP contribution in [0.25, 0.3) is 0 Å². The molecule has 1 saturated heterocycles. The molecular formula is C12H18N2O4. The molecule has 2 amide bonds. The standard InChI is InChI=1S/C12H18N2O4/c1-12(11(17)18)6-2-3-8(12)14-10(16)7-4-5-9(15)13-7/h7-8H,2-6H2,1H3,(H,13,15)(H,14,16)(H,17,18)/t7-,8?,12?/m1/s1. The number of carbonyl (C=O) groups excluding carboxylic acids is 2. The van der Waals surface area contributed by atoms with Gasteiger partial charge in [-0.05, 0) is 26.2 Å². The molecule has 1 aliphatic heterocycles. The Morgan fingerprint density at radius 3 is 2.72 bits per heavy atom. The van der Waals surface area contributed by atoms with Gasteiger partial charge in [0.15, 0.2) is 0 Å². The number of carboxylic acid groups (broad SMARTS) is 1. The van der Waals surface area contributed by atoms with Crippen LogP contribution in [0.5, 0.6) is 0 Å². The van der Waals surface area contributed by atoms with Crippen LogP contribution in [0.15, 0.2) is 0 Å². The zero-order valence-corrected chi connectivity index (χ0v) is 10.4. The number of amides is 2. The Morgan fingerprint density at radius 1 is 1.44 bits per heavy atom. The molecule has 0 aromatic rings. The summed E-state index contributed by atoms with van der Waals surface area (Å²) >= 11 is 0. The summed E-state index contributed by atoms with van der Waals surface area (Å²) in [4.78, 5) is 34.3. The predicted molar refractivity (Wildman–Crippen MR) is 62.7 cm³/mol. The lowest BCUT2D eigenvalue weighted by atomic mass is 9.85. The van der Waals surface area contributed by atoms with Gasteiger partial charge in [0.05, 0.1) is 5.41 Å². The van der Waals surface area contributed by atoms with Crippen LogP contribution in [0.1, 0.15) is 39.0 Å². The highest BCUT2D eigenvalue weighted by atomic mass is 16.4. The van der Waals surface area contributed by atoms with E-state index in [0.29, 0.717) is 25.7 Å². The molecular weight excluding hydrogens is 236 g/mol. The number of rotatable bonds is 3. The van der Waals surface area contributed by atoms with Gasteiger partial charge in [0.1, 0.15) is 6.04 Å². The molecule has 6 nitrogen and oxygen atoms in total. The van der Waals surface area contributed by atoms with Gasteiger partial charge in [0, 0.05) is 12.5 Å². The van der Waals surface area contributed by atoms with Crippen molar-refractivity contribution in [2.75, 3.05) is 0 Å². The molecule has 2 rings (SSSR count). The first kappa shape index (κ1) is 12.9. The molecule has 3 atom stereocenters. The van der Waals surface area contributed by atoms with Crippen LogP contribution in [0.4, 0.5) is 0 Å². The molecule has 1 heterocycles. The van der Waals surface area contributed by atoms with Crippen molar-refractivity contribution >= 4 is 17.8 Å². The van der Waals surface area contributed by atoms with Crippen LogP contribution in [-0.2, 0) is 14.4 Å². The smallest absolute Gasteiger partial charge is 0.311 e. The molecule has 2 aliphatic rings. The molecule has 6 heteroatoms. The monoisotopic (exact) mass is 254 g/mol. The van der Waals surface area contributed by atoms with E-state index in [0.717, 1.165) is 6.42 Å². The Balaban J connectivity index is 1.98. The Kier molecular flexibility index (Phi) is 3.28. The van der Waals surface area contributed by atoms with Crippen LogP contribution in [0.2, 0.25) is 0 Å². The third-order valence-corrected chi connectivity index (χ3v) is 4.07. The Bertz CT molecular complexity index is 396. The quantitative estimate of drug-likeness (QED) is 0.662. The van der Waals surface area contributed by atoms with Crippen molar-refractivity contribution in [2.24, 2.45) is 5.41 Å². The molecule has 2 unspecified atom stereocenters. The second-order valence-electron chi connectivity index (χ2n) is 5.33. The van der Waals surface area contributed by atoms with Crippen molar-refractivity contribution in [1.82, 2.24) is 10.6 Å². The van der Waals surface area contributed by atoms with Gasteiger partial charge in [-0.2, -0.15) is 0 Å². The van der Waals surface area contributed by atoms with Gasteiger partial charge in [-0.1, -0.05) is 6.42 Å². The minimum absolute atomic E-state index is 0.123. The molecule has 2 fully saturated rings. The van der Waals surface area contributed by atoms with E-state index < -0.39 is 17.4 Å². The van der Waals surface area contributed by atoms with E-state index in [2.05, 4.69) is 10.6 Å². The fourth-order valence-electron chi connectivity index (χ4n) is 2.74. The Labute approximate surface area is 105 Å². The molecule has 1 aliphatic carbocycles. The third kappa shape index (κ3) is 2.19. The van der Waals surface area contributed by atoms with Crippen molar-refractivity contribution in [3.05, 3.63) is 0 Å². The Morgan fingerprint density at radius 2 is 2.17 bits per heavy atom. The van der Waals surface area contributed by atoms with Crippen LogP contribution in [0, 0.1) is 5.41 Å². The van der Waals surface area contributed by atoms with Gasteiger partial charge in [0.2, 0.25) is 11.8 Å². The van der Waals surface area contributed by atoms with Crippen LogP contribution >= 0.6 is 0 Å². The lowest BCUT2D eigenvalue weighted by Gasteiger charge is -2.28. The second-order valence-corrected chi connectivity index (χ2v) is 5.33. The highest BCUT2D eigenvalue weighted by Crippen LogP contribution is 2.38. The summed E-state index contributed by atoms with van der Waals surface area (Å²) in [5.41, 5.74) is -0.891. The molecule has 3 N–H and O–H groups in total. The second kappa shape index (κ2) is 4.59. The average molecular weight is 254 g/mol. The van der Waals surface area contributed by atoms with E-state index in [4.69, 9.17) is 0 Å². The minimum Gasteiger partial charge on any atom is -0.481 e. The van der Waals surface area contributed by atoms with Crippen molar-refractivity contribution in [3.8, 4) is 0 Å². The summed E-state index contributed by atoms with van der Waals surface area (Å²) in [5, 5.41) is 14.6. The molecule has 0 spiro atoms. The number of carbonyl (C=O) groups is 3. The van der Waals surface area contributed by atoms with Crippen LogP contribution in [-0.4, -0.2) is 35.0 Å². The minimum atomic E-state index is -0.891. The maximum atomic E-state index is 11.9. The van der Waals surface area contributed by atoms with E-state index in [1.54, 1.807) is 6.92 Å². The number of hydrogen-bond acceptors (Lipinski definition) is 3. The summed E-state index contributed by atoms with van der Waals surface area (Å²) < 4.78 is 0. The summed E-state index contributed by atoms with van der Waals surface area (Å²) in [6.45, 7) is 1.67. The number of hydrogen-bond donors (Lipinski definition) is 3. The van der Waals surface area contributed by atoms with Crippen molar-refractivity contribution in [3.63, 3.8) is 0 Å². The van der Waals surface area contributed by atoms with Gasteiger partial charge in [-0.3, -0.25) is 14.4 Å². The molecule has 18 heavy (non-hydrogen) atoms. The van der Waals surface area contributed by atoms with E-state index in [9.17, 15) is 19.5 Å². The van der Waals surface area contributed by atoms with Gasteiger partial charge in [-0.25, -0.2) is 0 Å². The number of nitrogens with one attached hydrogen (secondary N) is 2. The van der Waals surface area contributed by atoms with Gasteiger partial charge in [0.25, 0.3) is 0 Å². The average Bonchev–Trinajstić information content (AvgIpc) is 2.87. The highest BCUT2D eigenvalue weighted by molar-refractivity contribution is 5.91. The van der Waals surface area contributed by atoms with Gasteiger partial charge < -0.3 is 15.7 Å². The normalized spacial score (nSPS) is 35.3. The molecule has 0 aromatic heterocycles. The highest BCUT2D eigenvalue weighted by Gasteiger charge is 2.46. The SMILES string of the molecule is CC1(C(=O)O)CCCC1NC(=O)[C@H]1CCC(=O)N1. The number of aliphatic carboxylic acids is 1. The summed E-state index contributed by atoms with van der Waals surface area (Å²) in [6.07, 6.45) is 2.89. The molecule has 0 bridgehead atoms. The first-order valence-corrected chi connectivity index (χ1v) is 6.26. The summed E-state index contributed by atoms with van der Waals surface area (Å²) in [7, 11) is 0. The maximum absolute atomic E-state index is 11.9. The van der Waals surface area contributed by atoms with Gasteiger partial charge in [-0.15, -0.1) is 0 Å². The molecule has 1 saturated carbocycles. The zero-order valence-electron chi connectivity index (χ0n) is 10.4. The van der Waals surface area contributed by atoms with Crippen molar-refractivity contribution in [1.29, 1.82) is 0 Å². The summed E-state index contributed by atoms with van der Waals surface area (Å²) in [6, 6.07) is -0.851. The lowest BCUT2D eigenvalue weighted by molar-refractivity contribution is -0.149. The van der Waals surface area contributed by atoms with Crippen molar-refractivity contribution in [2.45, 2.75) is 51.1 Å². The van der Waals surface area contributed by atoms with E-state index in [1.807, 2.05) is 0 Å². The van der Waals surface area contributed by atoms with E-state index in [-0.39, 0.29) is 17.9 Å². The first-order chi connectivity index (χ1) is 8.43. The molecule has 100 valence electrons. The predicted octanol–water partition coefficient (Wildman–Crippen LogP) is 0.0246. The molecule has 0 radical (unpaired) electrons. The molecule has 0 aromatic carbocycles. The van der Waals surface area contributed by atoms with E-state index in [1.165, 1.54) is 0 Å². The maximum Gasteiger partial charge on any atom is 0.311 e. The first-order valence-electron chi connectivity index (χ1n) is 6.26.